The van der Waals surface area contributed by atoms with Crippen molar-refractivity contribution in [1.82, 2.24) is 10.3 Å². The molecular weight excluding hydrogens is 456 g/mol. The van der Waals surface area contributed by atoms with Crippen molar-refractivity contribution >= 4 is 51.6 Å². The van der Waals surface area contributed by atoms with E-state index in [9.17, 15) is 0 Å². The largest absolute Gasteiger partial charge is 0.370 e. The van der Waals surface area contributed by atoms with Crippen LogP contribution in [-0.4, -0.2) is 23.2 Å². The molecule has 0 unspecified atom stereocenters. The first-order valence-electron chi connectivity index (χ1n) is 11.1. The van der Waals surface area contributed by atoms with Crippen LogP contribution in [0.5, 0.6) is 0 Å². The molecule has 0 saturated carbocycles. The van der Waals surface area contributed by atoms with Gasteiger partial charge in [-0.2, -0.15) is 0 Å². The Hall–Kier alpha value is -2.15. The second kappa shape index (κ2) is 9.00. The molecule has 32 heavy (non-hydrogen) atoms. The number of halogens is 1. The molecule has 166 valence electrons. The van der Waals surface area contributed by atoms with E-state index < -0.39 is 0 Å². The summed E-state index contributed by atoms with van der Waals surface area (Å²) >= 11 is 14.4. The molecule has 2 aromatic heterocycles. The summed E-state index contributed by atoms with van der Waals surface area (Å²) in [6.07, 6.45) is 3.11. The summed E-state index contributed by atoms with van der Waals surface area (Å²) in [6.45, 7) is 6.74. The van der Waals surface area contributed by atoms with Gasteiger partial charge >= 0.3 is 0 Å². The second-order valence-electron chi connectivity index (χ2n) is 9.00. The fraction of sp³-hybridized carbons (Fsp3) is 0.360. The zero-order valence-electron chi connectivity index (χ0n) is 18.2. The number of thiophene rings is 1. The van der Waals surface area contributed by atoms with Crippen LogP contribution >= 0.6 is 35.2 Å². The fourth-order valence-electron chi connectivity index (χ4n) is 5.14. The highest BCUT2D eigenvalue weighted by Gasteiger charge is 2.41. The predicted octanol–water partition coefficient (Wildman–Crippen LogP) is 6.46. The number of nitrogens with one attached hydrogen (secondary N) is 1. The van der Waals surface area contributed by atoms with Gasteiger partial charge in [-0.05, 0) is 72.3 Å². The van der Waals surface area contributed by atoms with Crippen LogP contribution in [-0.2, 0) is 0 Å². The molecule has 0 amide bonds. The lowest BCUT2D eigenvalue weighted by Gasteiger charge is -2.37. The number of pyridine rings is 1. The third-order valence-corrected chi connectivity index (χ3v) is 7.91. The van der Waals surface area contributed by atoms with Gasteiger partial charge in [-0.25, -0.2) is 0 Å². The highest BCUT2D eigenvalue weighted by Crippen LogP contribution is 2.44. The van der Waals surface area contributed by atoms with Crippen molar-refractivity contribution in [3.63, 3.8) is 0 Å². The molecule has 0 spiro atoms. The zero-order chi connectivity index (χ0) is 22.2. The topological polar surface area (TPSA) is 31.4 Å². The monoisotopic (exact) mass is 482 g/mol. The summed E-state index contributed by atoms with van der Waals surface area (Å²) in [6, 6.07) is 16.6. The van der Waals surface area contributed by atoms with Gasteiger partial charge in [-0.1, -0.05) is 37.6 Å². The van der Waals surface area contributed by atoms with Crippen LogP contribution in [0.2, 0.25) is 5.02 Å². The molecule has 2 aliphatic heterocycles. The van der Waals surface area contributed by atoms with E-state index in [0.29, 0.717) is 16.9 Å². The van der Waals surface area contributed by atoms with Crippen molar-refractivity contribution in [2.75, 3.05) is 22.9 Å². The van der Waals surface area contributed by atoms with Gasteiger partial charge in [0.15, 0.2) is 5.11 Å². The van der Waals surface area contributed by atoms with Crippen LogP contribution in [0.15, 0.2) is 60.1 Å². The molecular formula is C25H27ClN4S2. The molecule has 2 saturated heterocycles. The number of piperidine rings is 1. The van der Waals surface area contributed by atoms with Crippen molar-refractivity contribution in [2.24, 2.45) is 11.8 Å². The third kappa shape index (κ3) is 4.12. The van der Waals surface area contributed by atoms with E-state index in [2.05, 4.69) is 75.7 Å². The highest BCUT2D eigenvalue weighted by molar-refractivity contribution is 7.80. The number of aromatic nitrogens is 1. The van der Waals surface area contributed by atoms with Gasteiger partial charge in [-0.15, -0.1) is 11.3 Å². The maximum Gasteiger partial charge on any atom is 0.174 e. The fourth-order valence-corrected chi connectivity index (χ4v) is 6.64. The minimum Gasteiger partial charge on any atom is -0.370 e. The summed E-state index contributed by atoms with van der Waals surface area (Å²) in [7, 11) is 0. The highest BCUT2D eigenvalue weighted by atomic mass is 35.5. The second-order valence-corrected chi connectivity index (χ2v) is 10.8. The summed E-state index contributed by atoms with van der Waals surface area (Å²) < 4.78 is 0. The Morgan fingerprint density at radius 3 is 2.56 bits per heavy atom. The van der Waals surface area contributed by atoms with Gasteiger partial charge in [-0.3, -0.25) is 4.98 Å². The average molecular weight is 483 g/mol. The third-order valence-electron chi connectivity index (χ3n) is 6.35. The maximum atomic E-state index is 6.87. The van der Waals surface area contributed by atoms with E-state index in [1.165, 1.54) is 11.3 Å². The molecule has 2 fully saturated rings. The molecule has 4 heterocycles. The van der Waals surface area contributed by atoms with E-state index in [4.69, 9.17) is 23.8 Å². The van der Waals surface area contributed by atoms with Crippen LogP contribution in [0.4, 0.5) is 11.4 Å². The Labute approximate surface area is 204 Å². The van der Waals surface area contributed by atoms with E-state index in [1.54, 1.807) is 11.3 Å². The van der Waals surface area contributed by atoms with Gasteiger partial charge in [0.1, 0.15) is 0 Å². The van der Waals surface area contributed by atoms with Crippen LogP contribution < -0.4 is 15.1 Å². The Bertz CT molecular complexity index is 1080. The Balaban J connectivity index is 1.50. The first-order valence-corrected chi connectivity index (χ1v) is 12.8. The first kappa shape index (κ1) is 21.7. The van der Waals surface area contributed by atoms with Crippen LogP contribution in [0.1, 0.15) is 42.9 Å². The number of thiocarbonyl (C=S) groups is 1. The van der Waals surface area contributed by atoms with Gasteiger partial charge < -0.3 is 15.1 Å². The molecule has 5 rings (SSSR count). The minimum atomic E-state index is -0.0235. The van der Waals surface area contributed by atoms with E-state index >= 15 is 0 Å². The molecule has 1 N–H and O–H groups in total. The molecule has 4 atom stereocenters. The van der Waals surface area contributed by atoms with Crippen LogP contribution in [0, 0.1) is 11.8 Å². The van der Waals surface area contributed by atoms with Crippen molar-refractivity contribution < 1.29 is 0 Å². The molecule has 1 aromatic carbocycles. The Morgan fingerprint density at radius 1 is 1.09 bits per heavy atom. The number of nitrogens with zero attached hydrogens (tertiary/aromatic N) is 3. The molecule has 3 aromatic rings. The SMILES string of the molecule is C[C@@H]1C[C@H](C)CN(c2ccc(N3C(=S)N[C@@H](c4ccccn4)[C@H]3c3cccs3)cc2Cl)C1. The molecule has 2 aliphatic rings. The first-order chi connectivity index (χ1) is 15.5. The molecule has 7 heteroatoms. The maximum absolute atomic E-state index is 6.87. The van der Waals surface area contributed by atoms with E-state index in [-0.39, 0.29) is 12.1 Å². The minimum absolute atomic E-state index is 0.0225. The Morgan fingerprint density at radius 2 is 1.91 bits per heavy atom. The quantitative estimate of drug-likeness (QED) is 0.431. The lowest BCUT2D eigenvalue weighted by atomic mass is 9.91. The standard InChI is InChI=1S/C25H27ClN4S2/c1-16-12-17(2)15-29(14-16)21-9-8-18(13-19(21)26)30-24(22-7-5-11-32-22)23(28-25(30)31)20-6-3-4-10-27-20/h3-11,13,16-17,23-24H,12,14-15H2,1-2H3,(H,28,31)/t16-,17+,23-,24+/m0/s1. The van der Waals surface area contributed by atoms with Crippen LogP contribution in [0.3, 0.4) is 0 Å². The Kier molecular flexibility index (Phi) is 6.10. The summed E-state index contributed by atoms with van der Waals surface area (Å²) in [5, 5.41) is 7.10. The lowest BCUT2D eigenvalue weighted by molar-refractivity contribution is 0.357. The molecule has 0 bridgehead atoms. The summed E-state index contributed by atoms with van der Waals surface area (Å²) in [4.78, 5) is 10.5. The summed E-state index contributed by atoms with van der Waals surface area (Å²) in [5.41, 5.74) is 3.10. The van der Waals surface area contributed by atoms with Crippen molar-refractivity contribution in [1.29, 1.82) is 0 Å². The van der Waals surface area contributed by atoms with Gasteiger partial charge in [0.05, 0.1) is 28.5 Å². The predicted molar refractivity (Wildman–Crippen MR) is 139 cm³/mol. The normalized spacial score (nSPS) is 25.8. The summed E-state index contributed by atoms with van der Waals surface area (Å²) in [5.74, 6) is 1.35. The molecule has 0 aliphatic carbocycles. The van der Waals surface area contributed by atoms with E-state index in [0.717, 1.165) is 35.2 Å². The number of rotatable bonds is 4. The van der Waals surface area contributed by atoms with Gasteiger partial charge in [0.25, 0.3) is 0 Å². The van der Waals surface area contributed by atoms with Crippen molar-refractivity contribution in [2.45, 2.75) is 32.4 Å². The van der Waals surface area contributed by atoms with E-state index in [1.807, 2.05) is 18.3 Å². The number of benzene rings is 1. The van der Waals surface area contributed by atoms with Crippen molar-refractivity contribution in [3.05, 3.63) is 75.7 Å². The average Bonchev–Trinajstić information content (AvgIpc) is 3.41. The zero-order valence-corrected chi connectivity index (χ0v) is 20.6. The lowest BCUT2D eigenvalue weighted by Crippen LogP contribution is -2.38. The number of hydrogen-bond donors (Lipinski definition) is 1. The smallest absolute Gasteiger partial charge is 0.174 e. The number of anilines is 2. The molecule has 0 radical (unpaired) electrons. The van der Waals surface area contributed by atoms with Crippen LogP contribution in [0.25, 0.3) is 0 Å². The van der Waals surface area contributed by atoms with Crippen molar-refractivity contribution in [3.8, 4) is 0 Å². The molecule has 4 nitrogen and oxygen atoms in total. The van der Waals surface area contributed by atoms with Gasteiger partial charge in [0, 0.05) is 29.9 Å². The van der Waals surface area contributed by atoms with Gasteiger partial charge in [0.2, 0.25) is 0 Å². The number of hydrogen-bond acceptors (Lipinski definition) is 4.